The number of nitrogens with one attached hydrogen (secondary N) is 1. The molecule has 0 bridgehead atoms. The number of amides is 1. The van der Waals surface area contributed by atoms with Gasteiger partial charge in [0, 0.05) is 19.9 Å². The van der Waals surface area contributed by atoms with E-state index in [4.69, 9.17) is 0 Å². The second-order valence-electron chi connectivity index (χ2n) is 6.38. The average molecular weight is 319 g/mol. The molecule has 0 radical (unpaired) electrons. The van der Waals surface area contributed by atoms with Crippen molar-refractivity contribution < 1.29 is 9.59 Å². The van der Waals surface area contributed by atoms with Crippen molar-refractivity contribution in [1.82, 2.24) is 5.32 Å². The molecule has 0 saturated carbocycles. The molecular weight excluding hydrogens is 286 g/mol. The molecule has 0 saturated heterocycles. The van der Waals surface area contributed by atoms with Crippen molar-refractivity contribution in [2.24, 2.45) is 0 Å². The summed E-state index contributed by atoms with van der Waals surface area (Å²) in [4.78, 5) is 21.7. The Labute approximate surface area is 141 Å². The molecule has 0 fully saturated rings. The van der Waals surface area contributed by atoms with Crippen molar-refractivity contribution in [3.8, 4) is 0 Å². The number of Topliss-reactive ketones (excluding diaryl/α,β-unsaturated/α-hetero) is 1. The van der Waals surface area contributed by atoms with E-state index < -0.39 is 0 Å². The van der Waals surface area contributed by atoms with Gasteiger partial charge in [0.1, 0.15) is 5.78 Å². The van der Waals surface area contributed by atoms with Crippen LogP contribution < -0.4 is 5.32 Å². The zero-order valence-electron chi connectivity index (χ0n) is 15.5. The summed E-state index contributed by atoms with van der Waals surface area (Å²) >= 11 is 0. The average Bonchev–Trinajstić information content (AvgIpc) is 2.44. The molecule has 0 aromatic carbocycles. The summed E-state index contributed by atoms with van der Waals surface area (Å²) in [5, 5.41) is 2.80. The zero-order chi connectivity index (χ0) is 17.7. The summed E-state index contributed by atoms with van der Waals surface area (Å²) in [5.74, 6) is 0.271. The number of carbonyl (C=O) groups is 2. The Bertz CT molecular complexity index is 470. The maximum absolute atomic E-state index is 10.9. The largest absolute Gasteiger partial charge is 0.353 e. The van der Waals surface area contributed by atoms with Gasteiger partial charge >= 0.3 is 0 Å². The number of hydrogen-bond donors (Lipinski definition) is 1. The Kier molecular flexibility index (Phi) is 11.9. The number of allylic oxidation sites excluding steroid dienone is 5. The first-order valence-electron chi connectivity index (χ1n) is 8.52. The summed E-state index contributed by atoms with van der Waals surface area (Å²) < 4.78 is 0. The minimum atomic E-state index is 0.0144. The molecule has 0 spiro atoms. The first kappa shape index (κ1) is 21.4. The molecule has 3 nitrogen and oxygen atoms in total. The third-order valence-electron chi connectivity index (χ3n) is 3.67. The first-order valence-corrected chi connectivity index (χ1v) is 8.52. The highest BCUT2D eigenvalue weighted by Crippen LogP contribution is 2.12. The Morgan fingerprint density at radius 3 is 1.57 bits per heavy atom. The van der Waals surface area contributed by atoms with Gasteiger partial charge in [-0.2, -0.15) is 0 Å². The summed E-state index contributed by atoms with van der Waals surface area (Å²) in [5.41, 5.74) is 3.98. The Hall–Kier alpha value is -1.64. The van der Waals surface area contributed by atoms with Gasteiger partial charge < -0.3 is 10.1 Å². The lowest BCUT2D eigenvalue weighted by Crippen LogP contribution is -2.21. The fourth-order valence-electron chi connectivity index (χ4n) is 2.15. The highest BCUT2D eigenvalue weighted by molar-refractivity contribution is 5.75. The minimum Gasteiger partial charge on any atom is -0.353 e. The van der Waals surface area contributed by atoms with Crippen molar-refractivity contribution in [2.75, 3.05) is 6.54 Å². The maximum atomic E-state index is 10.9. The highest BCUT2D eigenvalue weighted by Gasteiger charge is 1.95. The van der Waals surface area contributed by atoms with Crippen molar-refractivity contribution in [3.63, 3.8) is 0 Å². The number of ketones is 1. The van der Waals surface area contributed by atoms with E-state index >= 15 is 0 Å². The summed E-state index contributed by atoms with van der Waals surface area (Å²) in [6.07, 6.45) is 12.4. The Morgan fingerprint density at radius 1 is 0.696 bits per heavy atom. The molecule has 0 aromatic heterocycles. The van der Waals surface area contributed by atoms with Gasteiger partial charge in [-0.3, -0.25) is 4.79 Å². The Morgan fingerprint density at radius 2 is 1.13 bits per heavy atom. The van der Waals surface area contributed by atoms with Crippen LogP contribution in [0.15, 0.2) is 34.9 Å². The molecule has 1 amide bonds. The van der Waals surface area contributed by atoms with E-state index in [0.717, 1.165) is 32.1 Å². The van der Waals surface area contributed by atoms with Crippen LogP contribution in [-0.4, -0.2) is 18.2 Å². The van der Waals surface area contributed by atoms with Crippen LogP contribution in [0, 0.1) is 0 Å². The van der Waals surface area contributed by atoms with Gasteiger partial charge in [0.2, 0.25) is 5.91 Å². The van der Waals surface area contributed by atoms with Crippen LogP contribution in [0.25, 0.3) is 0 Å². The molecule has 0 aliphatic heterocycles. The lowest BCUT2D eigenvalue weighted by molar-refractivity contribution is -0.119. The highest BCUT2D eigenvalue weighted by atomic mass is 16.1. The molecule has 0 heterocycles. The lowest BCUT2D eigenvalue weighted by Gasteiger charge is -2.03. The molecule has 130 valence electrons. The van der Waals surface area contributed by atoms with E-state index in [1.165, 1.54) is 23.6 Å². The van der Waals surface area contributed by atoms with Gasteiger partial charge in [0.25, 0.3) is 0 Å². The maximum Gasteiger partial charge on any atom is 0.217 e. The van der Waals surface area contributed by atoms with Gasteiger partial charge in [-0.25, -0.2) is 0 Å². The quantitative estimate of drug-likeness (QED) is 0.551. The van der Waals surface area contributed by atoms with Gasteiger partial charge in [-0.1, -0.05) is 34.9 Å². The molecule has 0 unspecified atom stereocenters. The number of hydrogen-bond acceptors (Lipinski definition) is 2. The van der Waals surface area contributed by atoms with Crippen LogP contribution in [-0.2, 0) is 9.59 Å². The predicted molar refractivity (Wildman–Crippen MR) is 98.3 cm³/mol. The fraction of sp³-hybridized carbons (Fsp3) is 0.600. The second kappa shape index (κ2) is 12.9. The van der Waals surface area contributed by atoms with Gasteiger partial charge in [0.05, 0.1) is 0 Å². The Balaban J connectivity index is 3.96. The predicted octanol–water partition coefficient (Wildman–Crippen LogP) is 4.89. The molecule has 3 heteroatoms. The summed E-state index contributed by atoms with van der Waals surface area (Å²) in [6.45, 7) is 10.2. The van der Waals surface area contributed by atoms with E-state index in [2.05, 4.69) is 37.4 Å². The topological polar surface area (TPSA) is 46.2 Å². The van der Waals surface area contributed by atoms with Crippen LogP contribution >= 0.6 is 0 Å². The molecule has 23 heavy (non-hydrogen) atoms. The third kappa shape index (κ3) is 15.0. The van der Waals surface area contributed by atoms with E-state index in [9.17, 15) is 9.59 Å². The van der Waals surface area contributed by atoms with Crippen molar-refractivity contribution in [1.29, 1.82) is 0 Å². The number of rotatable bonds is 11. The first-order chi connectivity index (χ1) is 10.8. The fourth-order valence-corrected chi connectivity index (χ4v) is 2.15. The van der Waals surface area contributed by atoms with E-state index in [-0.39, 0.29) is 11.7 Å². The summed E-state index contributed by atoms with van der Waals surface area (Å²) in [6, 6.07) is 0. The smallest absolute Gasteiger partial charge is 0.217 e. The molecule has 1 N–H and O–H groups in total. The van der Waals surface area contributed by atoms with Gasteiger partial charge in [-0.05, 0) is 59.8 Å². The van der Waals surface area contributed by atoms with Crippen molar-refractivity contribution >= 4 is 11.7 Å². The third-order valence-corrected chi connectivity index (χ3v) is 3.67. The van der Waals surface area contributed by atoms with Crippen molar-refractivity contribution in [2.45, 2.75) is 73.1 Å². The van der Waals surface area contributed by atoms with E-state index in [1.54, 1.807) is 6.92 Å². The molecule has 0 aromatic rings. The van der Waals surface area contributed by atoms with Crippen LogP contribution in [0.1, 0.15) is 73.1 Å². The molecule has 0 atom stereocenters. The molecule has 0 aliphatic rings. The molecule has 0 rings (SSSR count). The lowest BCUT2D eigenvalue weighted by atomic mass is 10.1. The van der Waals surface area contributed by atoms with Gasteiger partial charge in [0.15, 0.2) is 0 Å². The zero-order valence-corrected chi connectivity index (χ0v) is 15.5. The molecule has 0 aliphatic carbocycles. The van der Waals surface area contributed by atoms with Crippen LogP contribution in [0.2, 0.25) is 0 Å². The molecular formula is C20H33NO2. The summed E-state index contributed by atoms with van der Waals surface area (Å²) in [7, 11) is 0. The normalized spacial score (nSPS) is 13.2. The second-order valence-corrected chi connectivity index (χ2v) is 6.38. The monoisotopic (exact) mass is 319 g/mol. The SMILES string of the molecule is CC(=O)CCC=C(C)CCC=C(C)CCC=C(C)CNC(C)=O. The van der Waals surface area contributed by atoms with E-state index in [1.807, 2.05) is 6.92 Å². The van der Waals surface area contributed by atoms with Crippen LogP contribution in [0.3, 0.4) is 0 Å². The minimum absolute atomic E-state index is 0.0144. The van der Waals surface area contributed by atoms with Crippen LogP contribution in [0.4, 0.5) is 0 Å². The van der Waals surface area contributed by atoms with E-state index in [0.29, 0.717) is 13.0 Å². The van der Waals surface area contributed by atoms with Gasteiger partial charge in [-0.15, -0.1) is 0 Å². The van der Waals surface area contributed by atoms with Crippen molar-refractivity contribution in [3.05, 3.63) is 34.9 Å². The standard InChI is InChI=1S/C20H33NO2/c1-16(11-7-13-18(3)15-21-20(5)23)9-6-10-17(2)12-8-14-19(4)22/h9,12-13H,6-8,10-11,14-15H2,1-5H3,(H,21,23). The number of carbonyl (C=O) groups excluding carboxylic acids is 2. The van der Waals surface area contributed by atoms with Crippen LogP contribution in [0.5, 0.6) is 0 Å².